The van der Waals surface area contributed by atoms with Gasteiger partial charge in [-0.2, -0.15) is 0 Å². The van der Waals surface area contributed by atoms with E-state index >= 15 is 0 Å². The van der Waals surface area contributed by atoms with Gasteiger partial charge in [0.15, 0.2) is 5.79 Å². The van der Waals surface area contributed by atoms with Gasteiger partial charge in [-0.1, -0.05) is 0 Å². The summed E-state index contributed by atoms with van der Waals surface area (Å²) < 4.78 is 16.0. The average molecular weight is 231 g/mol. The molecule has 0 aliphatic carbocycles. The molecule has 1 atom stereocenters. The van der Waals surface area contributed by atoms with Gasteiger partial charge in [0.05, 0.1) is 13.0 Å². The van der Waals surface area contributed by atoms with Crippen molar-refractivity contribution in [3.8, 4) is 0 Å². The van der Waals surface area contributed by atoms with E-state index in [1.165, 1.54) is 0 Å². The first-order chi connectivity index (χ1) is 7.39. The summed E-state index contributed by atoms with van der Waals surface area (Å²) in [7, 11) is 3.84. The zero-order valence-corrected chi connectivity index (χ0v) is 10.5. The van der Waals surface area contributed by atoms with Crippen LogP contribution < -0.4 is 0 Å². The van der Waals surface area contributed by atoms with Crippen molar-refractivity contribution in [2.24, 2.45) is 0 Å². The number of rotatable bonds is 5. The van der Waals surface area contributed by atoms with Gasteiger partial charge < -0.3 is 19.1 Å². The van der Waals surface area contributed by atoms with E-state index in [1.807, 2.05) is 32.8 Å². The molecule has 0 aromatic rings. The van der Waals surface area contributed by atoms with Crippen molar-refractivity contribution in [1.29, 1.82) is 0 Å². The molecule has 1 aliphatic heterocycles. The maximum atomic E-state index is 11.3. The number of esters is 1. The molecule has 0 radical (unpaired) electrons. The minimum Gasteiger partial charge on any atom is -0.463 e. The Kier molecular flexibility index (Phi) is 4.70. The van der Waals surface area contributed by atoms with Crippen LogP contribution in [-0.4, -0.2) is 56.6 Å². The lowest BCUT2D eigenvalue weighted by atomic mass is 10.4. The molecule has 0 unspecified atom stereocenters. The average Bonchev–Trinajstić information content (AvgIpc) is 2.52. The van der Waals surface area contributed by atoms with Crippen LogP contribution >= 0.6 is 0 Å². The number of hydrogen-bond acceptors (Lipinski definition) is 5. The highest BCUT2D eigenvalue weighted by Gasteiger charge is 2.33. The minimum absolute atomic E-state index is 0.140. The van der Waals surface area contributed by atoms with Gasteiger partial charge in [-0.25, -0.2) is 0 Å². The third-order valence-corrected chi connectivity index (χ3v) is 2.26. The Balaban J connectivity index is 2.13. The second-order valence-corrected chi connectivity index (χ2v) is 4.69. The Hall–Kier alpha value is -0.650. The molecule has 1 aliphatic rings. The lowest BCUT2D eigenvalue weighted by Crippen LogP contribution is -2.26. The Morgan fingerprint density at radius 2 is 2.19 bits per heavy atom. The number of carbonyl (C=O) groups excluding carboxylic acids is 1. The molecule has 16 heavy (non-hydrogen) atoms. The number of carbonyl (C=O) groups is 1. The quantitative estimate of drug-likeness (QED) is 0.650. The van der Waals surface area contributed by atoms with Crippen molar-refractivity contribution < 1.29 is 19.0 Å². The molecule has 5 nitrogen and oxygen atoms in total. The van der Waals surface area contributed by atoms with Gasteiger partial charge in [-0.3, -0.25) is 4.79 Å². The molecule has 0 aromatic carbocycles. The second kappa shape index (κ2) is 5.61. The first kappa shape index (κ1) is 13.4. The van der Waals surface area contributed by atoms with Crippen molar-refractivity contribution in [2.45, 2.75) is 32.2 Å². The van der Waals surface area contributed by atoms with Gasteiger partial charge in [0.2, 0.25) is 0 Å². The Labute approximate surface area is 96.6 Å². The third-order valence-electron chi connectivity index (χ3n) is 2.26. The molecule has 1 saturated heterocycles. The molecule has 94 valence electrons. The molecule has 0 aromatic heterocycles. The summed E-state index contributed by atoms with van der Waals surface area (Å²) in [6.07, 6.45) is 0.266. The molecular weight excluding hydrogens is 210 g/mol. The van der Waals surface area contributed by atoms with E-state index < -0.39 is 5.79 Å². The Morgan fingerprint density at radius 3 is 2.69 bits per heavy atom. The molecule has 1 fully saturated rings. The largest absolute Gasteiger partial charge is 0.463 e. The monoisotopic (exact) mass is 231 g/mol. The van der Waals surface area contributed by atoms with Crippen molar-refractivity contribution in [2.75, 3.05) is 33.9 Å². The fourth-order valence-corrected chi connectivity index (χ4v) is 1.42. The van der Waals surface area contributed by atoms with Crippen LogP contribution in [0, 0.1) is 0 Å². The highest BCUT2D eigenvalue weighted by Crippen LogP contribution is 2.22. The molecule has 1 heterocycles. The first-order valence-electron chi connectivity index (χ1n) is 5.51. The molecule has 0 amide bonds. The van der Waals surface area contributed by atoms with Crippen LogP contribution in [-0.2, 0) is 19.0 Å². The van der Waals surface area contributed by atoms with E-state index in [-0.39, 0.29) is 18.7 Å². The number of hydrogen-bond donors (Lipinski definition) is 0. The first-order valence-corrected chi connectivity index (χ1v) is 5.51. The van der Waals surface area contributed by atoms with Crippen LogP contribution in [0.15, 0.2) is 0 Å². The van der Waals surface area contributed by atoms with Crippen LogP contribution in [0.4, 0.5) is 0 Å². The summed E-state index contributed by atoms with van der Waals surface area (Å²) in [5, 5.41) is 0. The molecule has 1 rings (SSSR count). The lowest BCUT2D eigenvalue weighted by molar-refractivity contribution is -0.158. The van der Waals surface area contributed by atoms with Crippen LogP contribution in [0.5, 0.6) is 0 Å². The molecular formula is C11H21NO4. The molecule has 0 saturated carbocycles. The summed E-state index contributed by atoms with van der Waals surface area (Å²) in [5.41, 5.74) is 0. The van der Waals surface area contributed by atoms with Gasteiger partial charge in [-0.15, -0.1) is 0 Å². The zero-order chi connectivity index (χ0) is 12.2. The van der Waals surface area contributed by atoms with Crippen molar-refractivity contribution >= 4 is 5.97 Å². The van der Waals surface area contributed by atoms with Gasteiger partial charge in [0, 0.05) is 6.54 Å². The third kappa shape index (κ3) is 4.92. The van der Waals surface area contributed by atoms with E-state index in [0.29, 0.717) is 19.6 Å². The fraction of sp³-hybridized carbons (Fsp3) is 0.909. The normalized spacial score (nSPS) is 23.7. The smallest absolute Gasteiger partial charge is 0.307 e. The summed E-state index contributed by atoms with van der Waals surface area (Å²) in [4.78, 5) is 13.3. The molecule has 0 N–H and O–H groups in total. The summed E-state index contributed by atoms with van der Waals surface area (Å²) in [5.74, 6) is -0.747. The second-order valence-electron chi connectivity index (χ2n) is 4.69. The predicted molar refractivity (Wildman–Crippen MR) is 59.0 cm³/mol. The summed E-state index contributed by atoms with van der Waals surface area (Å²) in [6, 6.07) is 0. The standard InChI is InChI=1S/C11H21NO4/c1-11(2)15-8-9(16-11)7-14-10(13)5-6-12(3)4/h9H,5-8H2,1-4H3/t9-/m1/s1. The highest BCUT2D eigenvalue weighted by atomic mass is 16.7. The maximum Gasteiger partial charge on any atom is 0.307 e. The number of nitrogens with zero attached hydrogens (tertiary/aromatic N) is 1. The zero-order valence-electron chi connectivity index (χ0n) is 10.5. The summed E-state index contributed by atoms with van der Waals surface area (Å²) >= 11 is 0. The van der Waals surface area contributed by atoms with E-state index in [0.717, 1.165) is 0 Å². The van der Waals surface area contributed by atoms with Crippen LogP contribution in [0.1, 0.15) is 20.3 Å². The van der Waals surface area contributed by atoms with Crippen molar-refractivity contribution in [3.63, 3.8) is 0 Å². The van der Waals surface area contributed by atoms with Crippen LogP contribution in [0.2, 0.25) is 0 Å². The highest BCUT2D eigenvalue weighted by molar-refractivity contribution is 5.69. The van der Waals surface area contributed by atoms with Crippen LogP contribution in [0.3, 0.4) is 0 Å². The fourth-order valence-electron chi connectivity index (χ4n) is 1.42. The van der Waals surface area contributed by atoms with Crippen molar-refractivity contribution in [3.05, 3.63) is 0 Å². The van der Waals surface area contributed by atoms with Gasteiger partial charge in [-0.05, 0) is 27.9 Å². The maximum absolute atomic E-state index is 11.3. The number of ether oxygens (including phenoxy) is 3. The minimum atomic E-state index is -0.555. The van der Waals surface area contributed by atoms with E-state index in [9.17, 15) is 4.79 Å². The van der Waals surface area contributed by atoms with Gasteiger partial charge >= 0.3 is 5.97 Å². The van der Waals surface area contributed by atoms with E-state index in [4.69, 9.17) is 14.2 Å². The molecule has 0 bridgehead atoms. The van der Waals surface area contributed by atoms with E-state index in [2.05, 4.69) is 0 Å². The Morgan fingerprint density at radius 1 is 1.50 bits per heavy atom. The lowest BCUT2D eigenvalue weighted by Gasteiger charge is -2.17. The van der Waals surface area contributed by atoms with E-state index in [1.54, 1.807) is 0 Å². The van der Waals surface area contributed by atoms with Gasteiger partial charge in [0.25, 0.3) is 0 Å². The molecule has 0 spiro atoms. The van der Waals surface area contributed by atoms with Gasteiger partial charge in [0.1, 0.15) is 12.7 Å². The topological polar surface area (TPSA) is 48.0 Å². The van der Waals surface area contributed by atoms with Crippen LogP contribution in [0.25, 0.3) is 0 Å². The van der Waals surface area contributed by atoms with Crippen molar-refractivity contribution in [1.82, 2.24) is 4.90 Å². The SMILES string of the molecule is CN(C)CCC(=O)OC[C@@H]1COC(C)(C)O1. The summed E-state index contributed by atoms with van der Waals surface area (Å²) in [6.45, 7) is 5.15. The predicted octanol–water partition coefficient (Wildman–Crippen LogP) is 0.633. The molecule has 5 heteroatoms. The Bertz CT molecular complexity index is 240.